The van der Waals surface area contributed by atoms with E-state index >= 15 is 0 Å². The Labute approximate surface area is 139 Å². The zero-order chi connectivity index (χ0) is 16.5. The minimum atomic E-state index is -0.211. The molecule has 3 aromatic rings. The van der Waals surface area contributed by atoms with Gasteiger partial charge in [0.2, 0.25) is 0 Å². The number of hydrogen-bond acceptors (Lipinski definition) is 4. The van der Waals surface area contributed by atoms with Crippen molar-refractivity contribution in [3.8, 4) is 0 Å². The van der Waals surface area contributed by atoms with Crippen molar-refractivity contribution >= 4 is 10.8 Å². The van der Waals surface area contributed by atoms with Crippen LogP contribution >= 0.6 is 0 Å². The summed E-state index contributed by atoms with van der Waals surface area (Å²) in [6, 6.07) is 11.1. The van der Waals surface area contributed by atoms with Crippen molar-refractivity contribution in [2.75, 3.05) is 13.1 Å². The highest BCUT2D eigenvalue weighted by Crippen LogP contribution is 2.32. The quantitative estimate of drug-likeness (QED) is 0.804. The van der Waals surface area contributed by atoms with Gasteiger partial charge in [-0.05, 0) is 72.0 Å². The van der Waals surface area contributed by atoms with Crippen LogP contribution in [-0.4, -0.2) is 33.3 Å². The summed E-state index contributed by atoms with van der Waals surface area (Å²) in [4.78, 5) is 1.73. The number of nitrogens with zero attached hydrogens (tertiary/aromatic N) is 4. The summed E-state index contributed by atoms with van der Waals surface area (Å²) in [5.41, 5.74) is 1.14. The number of fused-ring (bicyclic) bond motifs is 1. The van der Waals surface area contributed by atoms with Crippen LogP contribution in [0.25, 0.3) is 10.8 Å². The van der Waals surface area contributed by atoms with Gasteiger partial charge in [0.25, 0.3) is 0 Å². The van der Waals surface area contributed by atoms with E-state index in [2.05, 4.69) is 32.9 Å². The smallest absolute Gasteiger partial charge is 0.171 e. The lowest BCUT2D eigenvalue weighted by atomic mass is 9.87. The maximum atomic E-state index is 13.4. The van der Waals surface area contributed by atoms with Crippen LogP contribution in [-0.2, 0) is 0 Å². The molecule has 1 fully saturated rings. The molecule has 2 aromatic carbocycles. The molecule has 6 heteroatoms. The number of piperidine rings is 1. The van der Waals surface area contributed by atoms with Gasteiger partial charge in [0.15, 0.2) is 5.82 Å². The van der Waals surface area contributed by atoms with Crippen LogP contribution in [0.15, 0.2) is 36.4 Å². The molecule has 4 rings (SSSR count). The molecule has 0 bridgehead atoms. The number of rotatable bonds is 3. The highest BCUT2D eigenvalue weighted by atomic mass is 19.1. The summed E-state index contributed by atoms with van der Waals surface area (Å²) in [6.07, 6.45) is 2.27. The fourth-order valence-electron chi connectivity index (χ4n) is 3.58. The van der Waals surface area contributed by atoms with Crippen LogP contribution in [0.1, 0.15) is 30.3 Å². The number of tetrazole rings is 1. The lowest BCUT2D eigenvalue weighted by Gasteiger charge is -2.30. The van der Waals surface area contributed by atoms with Gasteiger partial charge in [-0.1, -0.05) is 18.2 Å². The Hall–Kier alpha value is -2.34. The Kier molecular flexibility index (Phi) is 3.98. The Morgan fingerprint density at radius 2 is 2.04 bits per heavy atom. The van der Waals surface area contributed by atoms with Crippen LogP contribution in [0.2, 0.25) is 0 Å². The summed E-state index contributed by atoms with van der Waals surface area (Å²) in [7, 11) is 0. The van der Waals surface area contributed by atoms with Gasteiger partial charge in [0, 0.05) is 6.54 Å². The van der Waals surface area contributed by atoms with Gasteiger partial charge in [0.05, 0.1) is 0 Å². The molecule has 1 aliphatic rings. The third-order valence-electron chi connectivity index (χ3n) is 4.73. The van der Waals surface area contributed by atoms with Crippen LogP contribution < -0.4 is 5.32 Å². The van der Waals surface area contributed by atoms with Gasteiger partial charge in [-0.25, -0.2) is 4.39 Å². The SMILES string of the molecule is Cc1nnn([C@@H](c2ccc3cc(F)ccc3c2)C2CCCNC2)n1. The van der Waals surface area contributed by atoms with Crippen molar-refractivity contribution in [1.29, 1.82) is 0 Å². The standard InChI is InChI=1S/C18H20FN5/c1-12-21-23-24(22-12)18(16-3-2-8-20-11-16)15-5-4-14-10-17(19)7-6-13(14)9-15/h4-7,9-10,16,18,20H,2-3,8,11H2,1H3/t16?,18-/m0/s1. The number of aryl methyl sites for hydroxylation is 1. The topological polar surface area (TPSA) is 55.6 Å². The second-order valence-electron chi connectivity index (χ2n) is 6.46. The van der Waals surface area contributed by atoms with Crippen molar-refractivity contribution in [2.45, 2.75) is 25.8 Å². The highest BCUT2D eigenvalue weighted by molar-refractivity contribution is 5.83. The third-order valence-corrected chi connectivity index (χ3v) is 4.73. The van der Waals surface area contributed by atoms with E-state index in [9.17, 15) is 4.39 Å². The van der Waals surface area contributed by atoms with Gasteiger partial charge in [-0.2, -0.15) is 4.80 Å². The number of benzene rings is 2. The molecule has 5 nitrogen and oxygen atoms in total. The molecule has 124 valence electrons. The molecular formula is C18H20FN5. The van der Waals surface area contributed by atoms with Crippen LogP contribution in [0.4, 0.5) is 4.39 Å². The molecule has 1 aliphatic heterocycles. The average molecular weight is 325 g/mol. The van der Waals surface area contributed by atoms with Crippen molar-refractivity contribution in [2.24, 2.45) is 5.92 Å². The molecular weight excluding hydrogens is 305 g/mol. The van der Waals surface area contributed by atoms with Gasteiger partial charge >= 0.3 is 0 Å². The first-order valence-electron chi connectivity index (χ1n) is 8.37. The largest absolute Gasteiger partial charge is 0.316 e. The zero-order valence-electron chi connectivity index (χ0n) is 13.6. The van der Waals surface area contributed by atoms with E-state index in [0.29, 0.717) is 11.7 Å². The van der Waals surface area contributed by atoms with Crippen molar-refractivity contribution in [3.05, 3.63) is 53.6 Å². The fourth-order valence-corrected chi connectivity index (χ4v) is 3.58. The Balaban J connectivity index is 1.78. The summed E-state index contributed by atoms with van der Waals surface area (Å²) in [5.74, 6) is 0.869. The maximum Gasteiger partial charge on any atom is 0.171 e. The number of halogens is 1. The van der Waals surface area contributed by atoms with Gasteiger partial charge in [-0.3, -0.25) is 0 Å². The Morgan fingerprint density at radius 3 is 2.79 bits per heavy atom. The molecule has 1 unspecified atom stereocenters. The van der Waals surface area contributed by atoms with Crippen LogP contribution in [0.5, 0.6) is 0 Å². The summed E-state index contributed by atoms with van der Waals surface area (Å²) in [6.45, 7) is 3.85. The second-order valence-corrected chi connectivity index (χ2v) is 6.46. The molecule has 24 heavy (non-hydrogen) atoms. The van der Waals surface area contributed by atoms with Crippen molar-refractivity contribution in [3.63, 3.8) is 0 Å². The minimum absolute atomic E-state index is 0.0356. The van der Waals surface area contributed by atoms with Crippen LogP contribution in [0, 0.1) is 18.7 Å². The summed E-state index contributed by atoms with van der Waals surface area (Å²) in [5, 5.41) is 18.2. The fraction of sp³-hybridized carbons (Fsp3) is 0.389. The summed E-state index contributed by atoms with van der Waals surface area (Å²) >= 11 is 0. The number of nitrogens with one attached hydrogen (secondary N) is 1. The minimum Gasteiger partial charge on any atom is -0.316 e. The lowest BCUT2D eigenvalue weighted by molar-refractivity contribution is 0.261. The van der Waals surface area contributed by atoms with Crippen molar-refractivity contribution in [1.82, 2.24) is 25.5 Å². The van der Waals surface area contributed by atoms with Crippen LogP contribution in [0.3, 0.4) is 0 Å². The van der Waals surface area contributed by atoms with E-state index in [1.807, 2.05) is 19.1 Å². The zero-order valence-corrected chi connectivity index (χ0v) is 13.6. The molecule has 1 saturated heterocycles. The first-order valence-corrected chi connectivity index (χ1v) is 8.37. The maximum absolute atomic E-state index is 13.4. The predicted octanol–water partition coefficient (Wildman–Crippen LogP) is 2.86. The number of hydrogen-bond donors (Lipinski definition) is 1. The Morgan fingerprint density at radius 1 is 1.21 bits per heavy atom. The molecule has 1 aromatic heterocycles. The molecule has 2 atom stereocenters. The summed E-state index contributed by atoms with van der Waals surface area (Å²) < 4.78 is 13.4. The molecule has 0 amide bonds. The Bertz CT molecular complexity index is 853. The van der Waals surface area contributed by atoms with E-state index < -0.39 is 0 Å². The molecule has 1 N–H and O–H groups in total. The molecule has 0 spiro atoms. The average Bonchev–Trinajstić information content (AvgIpc) is 3.02. The first kappa shape index (κ1) is 15.2. The van der Waals surface area contributed by atoms with Crippen molar-refractivity contribution < 1.29 is 4.39 Å². The molecule has 2 heterocycles. The molecule has 0 saturated carbocycles. The number of aromatic nitrogens is 4. The van der Waals surface area contributed by atoms with E-state index in [4.69, 9.17) is 0 Å². The monoisotopic (exact) mass is 325 g/mol. The van der Waals surface area contributed by atoms with E-state index in [1.165, 1.54) is 6.07 Å². The lowest BCUT2D eigenvalue weighted by Crippen LogP contribution is -2.36. The highest BCUT2D eigenvalue weighted by Gasteiger charge is 2.28. The van der Waals surface area contributed by atoms with E-state index in [0.717, 1.165) is 42.3 Å². The molecule has 0 radical (unpaired) electrons. The van der Waals surface area contributed by atoms with Gasteiger partial charge < -0.3 is 5.32 Å². The predicted molar refractivity (Wildman–Crippen MR) is 90.2 cm³/mol. The third kappa shape index (κ3) is 2.89. The second kappa shape index (κ2) is 6.28. The first-order chi connectivity index (χ1) is 11.7. The van der Waals surface area contributed by atoms with Gasteiger partial charge in [-0.15, -0.1) is 10.2 Å². The van der Waals surface area contributed by atoms with E-state index in [1.54, 1.807) is 10.9 Å². The normalized spacial score (nSPS) is 19.5. The molecule has 0 aliphatic carbocycles. The van der Waals surface area contributed by atoms with Gasteiger partial charge in [0.1, 0.15) is 11.9 Å². The van der Waals surface area contributed by atoms with E-state index in [-0.39, 0.29) is 11.9 Å².